The third kappa shape index (κ3) is 4.08. The fraction of sp³-hybridized carbons (Fsp3) is 0.200. The van der Waals surface area contributed by atoms with E-state index in [1.165, 1.54) is 0 Å². The molecular formula is C15H17N2OP. The molecule has 0 spiro atoms. The van der Waals surface area contributed by atoms with Crippen LogP contribution in [0.15, 0.2) is 48.5 Å². The van der Waals surface area contributed by atoms with Gasteiger partial charge in [0.15, 0.2) is 8.46 Å². The lowest BCUT2D eigenvalue weighted by Crippen LogP contribution is -2.08. The summed E-state index contributed by atoms with van der Waals surface area (Å²) >= 11 is 0. The third-order valence-electron chi connectivity index (χ3n) is 2.99. The third-order valence-corrected chi connectivity index (χ3v) is 3.66. The molecule has 0 heterocycles. The fourth-order valence-electron chi connectivity index (χ4n) is 2.13. The molecule has 2 rings (SSSR count). The molecule has 0 aliphatic heterocycles. The van der Waals surface area contributed by atoms with Crippen molar-refractivity contribution in [1.82, 2.24) is 0 Å². The Hall–Kier alpha value is -1.86. The molecule has 4 N–H and O–H groups in total. The Labute approximate surface area is 114 Å². The zero-order valence-electron chi connectivity index (χ0n) is 10.6. The Morgan fingerprint density at radius 2 is 1.37 bits per heavy atom. The van der Waals surface area contributed by atoms with Crippen molar-refractivity contribution >= 4 is 19.8 Å². The topological polar surface area (TPSA) is 69.1 Å². The molecule has 0 aromatic heterocycles. The number of hydrogen-bond acceptors (Lipinski definition) is 3. The van der Waals surface area contributed by atoms with Gasteiger partial charge in [-0.15, -0.1) is 0 Å². The highest BCUT2D eigenvalue weighted by molar-refractivity contribution is 7.24. The average molecular weight is 272 g/mol. The second-order valence-electron chi connectivity index (χ2n) is 4.66. The lowest BCUT2D eigenvalue weighted by atomic mass is 10.0. The zero-order chi connectivity index (χ0) is 13.7. The Kier molecular flexibility index (Phi) is 4.53. The van der Waals surface area contributed by atoms with E-state index >= 15 is 0 Å². The van der Waals surface area contributed by atoms with Gasteiger partial charge in [0.1, 0.15) is 0 Å². The van der Waals surface area contributed by atoms with Gasteiger partial charge in [-0.1, -0.05) is 24.3 Å². The van der Waals surface area contributed by atoms with Crippen molar-refractivity contribution in [2.45, 2.75) is 18.5 Å². The molecule has 3 nitrogen and oxygen atoms in total. The first kappa shape index (κ1) is 13.6. The fourth-order valence-corrected chi connectivity index (χ4v) is 2.70. The van der Waals surface area contributed by atoms with Crippen molar-refractivity contribution in [3.05, 3.63) is 59.7 Å². The summed E-state index contributed by atoms with van der Waals surface area (Å²) in [6.45, 7) is 0. The number of anilines is 2. The minimum atomic E-state index is 0.0450. The van der Waals surface area contributed by atoms with E-state index in [0.29, 0.717) is 0 Å². The molecular weight excluding hydrogens is 255 g/mol. The van der Waals surface area contributed by atoms with Crippen LogP contribution < -0.4 is 11.5 Å². The Morgan fingerprint density at radius 1 is 0.895 bits per heavy atom. The molecule has 4 heteroatoms. The molecule has 0 bridgehead atoms. The van der Waals surface area contributed by atoms with Crippen molar-refractivity contribution in [2.75, 3.05) is 11.5 Å². The van der Waals surface area contributed by atoms with Crippen LogP contribution in [0.5, 0.6) is 0 Å². The second kappa shape index (κ2) is 6.35. The lowest BCUT2D eigenvalue weighted by Gasteiger charge is -2.10. The standard InChI is InChI=1S/C15H17N2OP/c16-13-5-1-3-11(7-13)9-15(19-18)10-12-4-2-6-14(17)8-12/h1-8,15H,9-10,16-17H2. The van der Waals surface area contributed by atoms with E-state index in [-0.39, 0.29) is 14.1 Å². The van der Waals surface area contributed by atoms with Gasteiger partial charge >= 0.3 is 0 Å². The van der Waals surface area contributed by atoms with Gasteiger partial charge in [0.2, 0.25) is 0 Å². The van der Waals surface area contributed by atoms with Crippen LogP contribution in [0.4, 0.5) is 11.4 Å². The van der Waals surface area contributed by atoms with Crippen LogP contribution in [0.3, 0.4) is 0 Å². The largest absolute Gasteiger partial charge is 0.399 e. The van der Waals surface area contributed by atoms with Crippen molar-refractivity contribution < 1.29 is 4.57 Å². The number of nitrogens with two attached hydrogens (primary N) is 2. The highest BCUT2D eigenvalue weighted by atomic mass is 31.1. The number of nitrogen functional groups attached to an aromatic ring is 2. The van der Waals surface area contributed by atoms with Gasteiger partial charge < -0.3 is 11.5 Å². The maximum atomic E-state index is 11.3. The van der Waals surface area contributed by atoms with E-state index in [2.05, 4.69) is 0 Å². The summed E-state index contributed by atoms with van der Waals surface area (Å²) < 4.78 is 11.3. The van der Waals surface area contributed by atoms with Gasteiger partial charge in [0.05, 0.1) is 0 Å². The molecule has 98 valence electrons. The van der Waals surface area contributed by atoms with E-state index < -0.39 is 0 Å². The van der Waals surface area contributed by atoms with Crippen molar-refractivity contribution in [3.8, 4) is 0 Å². The molecule has 0 fully saturated rings. The highest BCUT2D eigenvalue weighted by Crippen LogP contribution is 2.21. The van der Waals surface area contributed by atoms with E-state index in [1.807, 2.05) is 48.5 Å². The molecule has 19 heavy (non-hydrogen) atoms. The van der Waals surface area contributed by atoms with E-state index in [0.717, 1.165) is 35.3 Å². The molecule has 0 radical (unpaired) electrons. The van der Waals surface area contributed by atoms with Crippen LogP contribution in [0.1, 0.15) is 11.1 Å². The summed E-state index contributed by atoms with van der Waals surface area (Å²) in [6, 6.07) is 15.4. The minimum absolute atomic E-state index is 0.0450. The number of benzene rings is 2. The second-order valence-corrected chi connectivity index (χ2v) is 5.60. The predicted molar refractivity (Wildman–Crippen MR) is 80.5 cm³/mol. The lowest BCUT2D eigenvalue weighted by molar-refractivity contribution is 0.588. The molecule has 0 amide bonds. The highest BCUT2D eigenvalue weighted by Gasteiger charge is 2.11. The summed E-state index contributed by atoms with van der Waals surface area (Å²) in [5.74, 6) is 0. The summed E-state index contributed by atoms with van der Waals surface area (Å²) in [7, 11) is 0.151. The van der Waals surface area contributed by atoms with Crippen LogP contribution in [0, 0.1) is 0 Å². The molecule has 0 saturated heterocycles. The number of hydrogen-bond donors (Lipinski definition) is 2. The average Bonchev–Trinajstić information content (AvgIpc) is 2.38. The maximum absolute atomic E-state index is 11.3. The Bertz CT molecular complexity index is 524. The quantitative estimate of drug-likeness (QED) is 0.648. The van der Waals surface area contributed by atoms with Crippen LogP contribution in [0.25, 0.3) is 0 Å². The minimum Gasteiger partial charge on any atom is -0.399 e. The van der Waals surface area contributed by atoms with Crippen molar-refractivity contribution in [3.63, 3.8) is 0 Å². The van der Waals surface area contributed by atoms with Gasteiger partial charge in [-0.2, -0.15) is 0 Å². The first-order chi connectivity index (χ1) is 9.17. The summed E-state index contributed by atoms with van der Waals surface area (Å²) in [6.07, 6.45) is 1.48. The summed E-state index contributed by atoms with van der Waals surface area (Å²) in [5.41, 5.74) is 15.2. The first-order valence-electron chi connectivity index (χ1n) is 6.18. The molecule has 0 saturated carbocycles. The molecule has 0 unspecified atom stereocenters. The molecule has 0 aliphatic carbocycles. The number of rotatable bonds is 5. The van der Waals surface area contributed by atoms with Crippen molar-refractivity contribution in [2.24, 2.45) is 0 Å². The van der Waals surface area contributed by atoms with Crippen LogP contribution >= 0.6 is 8.46 Å². The smallest absolute Gasteiger partial charge is 0.159 e. The predicted octanol–water partition coefficient (Wildman–Crippen LogP) is 3.30. The molecule has 2 aromatic rings. The van der Waals surface area contributed by atoms with E-state index in [4.69, 9.17) is 11.5 Å². The monoisotopic (exact) mass is 272 g/mol. The Morgan fingerprint density at radius 3 is 1.74 bits per heavy atom. The zero-order valence-corrected chi connectivity index (χ0v) is 11.5. The van der Waals surface area contributed by atoms with Gasteiger partial charge in [-0.25, -0.2) is 0 Å². The first-order valence-corrected chi connectivity index (χ1v) is 7.07. The molecule has 2 aromatic carbocycles. The van der Waals surface area contributed by atoms with Crippen LogP contribution in [-0.2, 0) is 17.4 Å². The van der Waals surface area contributed by atoms with Crippen molar-refractivity contribution in [1.29, 1.82) is 0 Å². The molecule has 0 aliphatic rings. The van der Waals surface area contributed by atoms with Gasteiger partial charge in [-0.3, -0.25) is 4.57 Å². The normalized spacial score (nSPS) is 11.0. The van der Waals surface area contributed by atoms with Gasteiger partial charge in [0.25, 0.3) is 0 Å². The Balaban J connectivity index is 2.06. The van der Waals surface area contributed by atoms with Crippen LogP contribution in [0.2, 0.25) is 0 Å². The van der Waals surface area contributed by atoms with Gasteiger partial charge in [-0.05, 0) is 48.2 Å². The maximum Gasteiger partial charge on any atom is 0.159 e. The SMILES string of the molecule is Nc1cccc(CC(Cc2cccc(N)c2)P=O)c1. The summed E-state index contributed by atoms with van der Waals surface area (Å²) in [5, 5.41) is 0. The van der Waals surface area contributed by atoms with Crippen LogP contribution in [-0.4, -0.2) is 5.66 Å². The summed E-state index contributed by atoms with van der Waals surface area (Å²) in [4.78, 5) is 0. The van der Waals surface area contributed by atoms with Gasteiger partial charge in [0, 0.05) is 17.0 Å². The van der Waals surface area contributed by atoms with E-state index in [9.17, 15) is 4.57 Å². The van der Waals surface area contributed by atoms with E-state index in [1.54, 1.807) is 0 Å². The molecule has 0 atom stereocenters.